The minimum Gasteiger partial charge on any atom is -0.338 e. The first-order valence-corrected chi connectivity index (χ1v) is 4.85. The molecule has 0 bridgehead atoms. The largest absolute Gasteiger partial charge is 0.338 e. The summed E-state index contributed by atoms with van der Waals surface area (Å²) in [4.78, 5) is 17.1. The van der Waals surface area contributed by atoms with E-state index in [2.05, 4.69) is 10.3 Å². The van der Waals surface area contributed by atoms with Gasteiger partial charge in [0.25, 0.3) is 0 Å². The van der Waals surface area contributed by atoms with Crippen molar-refractivity contribution in [1.29, 1.82) is 0 Å². The minimum atomic E-state index is 0.0522. The molecule has 0 atom stereocenters. The maximum atomic E-state index is 11.3. The maximum Gasteiger partial charge on any atom is 0.317 e. The summed E-state index contributed by atoms with van der Waals surface area (Å²) >= 11 is 0. The second-order valence-corrected chi connectivity index (χ2v) is 3.37. The van der Waals surface area contributed by atoms with Gasteiger partial charge in [-0.1, -0.05) is 0 Å². The SMILES string of the molecule is O=C1NCCCN1CCn1ccnc1. The van der Waals surface area contributed by atoms with E-state index < -0.39 is 0 Å². The number of aromatic nitrogens is 2. The summed E-state index contributed by atoms with van der Waals surface area (Å²) in [5, 5.41) is 2.82. The monoisotopic (exact) mass is 194 g/mol. The predicted octanol–water partition coefficient (Wildman–Crippen LogP) is 0.298. The van der Waals surface area contributed by atoms with E-state index in [1.54, 1.807) is 12.5 Å². The molecule has 0 radical (unpaired) electrons. The van der Waals surface area contributed by atoms with E-state index in [-0.39, 0.29) is 6.03 Å². The molecule has 0 unspecified atom stereocenters. The van der Waals surface area contributed by atoms with Crippen molar-refractivity contribution >= 4 is 6.03 Å². The minimum absolute atomic E-state index is 0.0522. The Labute approximate surface area is 82.7 Å². The Bertz CT molecular complexity index is 296. The van der Waals surface area contributed by atoms with Crippen LogP contribution >= 0.6 is 0 Å². The van der Waals surface area contributed by atoms with Gasteiger partial charge in [-0.15, -0.1) is 0 Å². The first kappa shape index (κ1) is 9.05. The highest BCUT2D eigenvalue weighted by molar-refractivity contribution is 5.74. The highest BCUT2D eigenvalue weighted by Gasteiger charge is 2.16. The van der Waals surface area contributed by atoms with Crippen LogP contribution in [0.3, 0.4) is 0 Å². The molecule has 1 aromatic rings. The van der Waals surface area contributed by atoms with Gasteiger partial charge < -0.3 is 14.8 Å². The number of nitrogens with zero attached hydrogens (tertiary/aromatic N) is 3. The number of imidazole rings is 1. The third kappa shape index (κ3) is 2.04. The molecule has 0 spiro atoms. The van der Waals surface area contributed by atoms with Crippen LogP contribution in [0.4, 0.5) is 4.79 Å². The zero-order chi connectivity index (χ0) is 9.80. The van der Waals surface area contributed by atoms with Crippen LogP contribution < -0.4 is 5.32 Å². The van der Waals surface area contributed by atoms with Crippen molar-refractivity contribution in [2.75, 3.05) is 19.6 Å². The van der Waals surface area contributed by atoms with Crippen LogP contribution in [-0.2, 0) is 6.54 Å². The molecule has 2 rings (SSSR count). The molecular formula is C9H14N4O. The van der Waals surface area contributed by atoms with Gasteiger partial charge >= 0.3 is 6.03 Å². The molecule has 1 aromatic heterocycles. The number of urea groups is 1. The van der Waals surface area contributed by atoms with E-state index in [0.717, 1.165) is 32.6 Å². The highest BCUT2D eigenvalue weighted by Crippen LogP contribution is 1.99. The molecular weight excluding hydrogens is 180 g/mol. The number of carbonyl (C=O) groups is 1. The van der Waals surface area contributed by atoms with E-state index in [1.807, 2.05) is 15.7 Å². The second-order valence-electron chi connectivity index (χ2n) is 3.37. The lowest BCUT2D eigenvalue weighted by Gasteiger charge is -2.27. The molecule has 2 heterocycles. The summed E-state index contributed by atoms with van der Waals surface area (Å²) in [6.45, 7) is 3.23. The molecule has 5 heteroatoms. The topological polar surface area (TPSA) is 50.2 Å². The van der Waals surface area contributed by atoms with E-state index in [9.17, 15) is 4.79 Å². The summed E-state index contributed by atoms with van der Waals surface area (Å²) in [7, 11) is 0. The molecule has 0 aromatic carbocycles. The van der Waals surface area contributed by atoms with Gasteiger partial charge in [0.15, 0.2) is 0 Å². The molecule has 1 saturated heterocycles. The first-order valence-electron chi connectivity index (χ1n) is 4.85. The fourth-order valence-corrected chi connectivity index (χ4v) is 1.55. The Balaban J connectivity index is 1.82. The lowest BCUT2D eigenvalue weighted by Crippen LogP contribution is -2.47. The number of rotatable bonds is 3. The quantitative estimate of drug-likeness (QED) is 0.752. The molecule has 1 aliphatic rings. The third-order valence-electron chi connectivity index (χ3n) is 2.36. The first-order chi connectivity index (χ1) is 6.86. The van der Waals surface area contributed by atoms with E-state index in [1.165, 1.54) is 0 Å². The van der Waals surface area contributed by atoms with Gasteiger partial charge in [-0.05, 0) is 6.42 Å². The van der Waals surface area contributed by atoms with Gasteiger partial charge in [-0.3, -0.25) is 0 Å². The van der Waals surface area contributed by atoms with Crippen molar-refractivity contribution < 1.29 is 4.79 Å². The summed E-state index contributed by atoms with van der Waals surface area (Å²) in [6.07, 6.45) is 6.45. The Morgan fingerprint density at radius 2 is 2.43 bits per heavy atom. The summed E-state index contributed by atoms with van der Waals surface area (Å²) in [5.74, 6) is 0. The lowest BCUT2D eigenvalue weighted by molar-refractivity contribution is 0.184. The van der Waals surface area contributed by atoms with Crippen molar-refractivity contribution in [3.63, 3.8) is 0 Å². The van der Waals surface area contributed by atoms with Crippen molar-refractivity contribution in [3.05, 3.63) is 18.7 Å². The Morgan fingerprint density at radius 1 is 1.50 bits per heavy atom. The lowest BCUT2D eigenvalue weighted by atomic mass is 10.3. The molecule has 1 N–H and O–H groups in total. The standard InChI is InChI=1S/C9H14N4O/c14-9-11-2-1-4-13(9)7-6-12-5-3-10-8-12/h3,5,8H,1-2,4,6-7H2,(H,11,14). The van der Waals surface area contributed by atoms with Crippen molar-refractivity contribution in [3.8, 4) is 0 Å². The number of hydrogen-bond acceptors (Lipinski definition) is 2. The van der Waals surface area contributed by atoms with Gasteiger partial charge in [-0.2, -0.15) is 0 Å². The van der Waals surface area contributed by atoms with Gasteiger partial charge in [0.2, 0.25) is 0 Å². The highest BCUT2D eigenvalue weighted by atomic mass is 16.2. The maximum absolute atomic E-state index is 11.3. The molecule has 0 aliphatic carbocycles. The van der Waals surface area contributed by atoms with Crippen LogP contribution in [0.1, 0.15) is 6.42 Å². The summed E-state index contributed by atoms with van der Waals surface area (Å²) in [5.41, 5.74) is 0. The van der Waals surface area contributed by atoms with Crippen LogP contribution in [0.2, 0.25) is 0 Å². The van der Waals surface area contributed by atoms with Gasteiger partial charge in [0.05, 0.1) is 6.33 Å². The number of carbonyl (C=O) groups excluding carboxylic acids is 1. The fourth-order valence-electron chi connectivity index (χ4n) is 1.55. The number of hydrogen-bond donors (Lipinski definition) is 1. The molecule has 2 amide bonds. The Hall–Kier alpha value is -1.52. The molecule has 1 aliphatic heterocycles. The van der Waals surface area contributed by atoms with Gasteiger partial charge in [0, 0.05) is 38.6 Å². The zero-order valence-electron chi connectivity index (χ0n) is 8.02. The van der Waals surface area contributed by atoms with E-state index >= 15 is 0 Å². The van der Waals surface area contributed by atoms with Gasteiger partial charge in [-0.25, -0.2) is 9.78 Å². The molecule has 76 valence electrons. The molecule has 0 saturated carbocycles. The number of nitrogens with one attached hydrogen (secondary N) is 1. The van der Waals surface area contributed by atoms with E-state index in [0.29, 0.717) is 0 Å². The summed E-state index contributed by atoms with van der Waals surface area (Å²) < 4.78 is 1.97. The van der Waals surface area contributed by atoms with Crippen molar-refractivity contribution in [2.24, 2.45) is 0 Å². The van der Waals surface area contributed by atoms with Gasteiger partial charge in [0.1, 0.15) is 0 Å². The average molecular weight is 194 g/mol. The number of amides is 2. The van der Waals surface area contributed by atoms with Crippen LogP contribution in [0.15, 0.2) is 18.7 Å². The molecule has 1 fully saturated rings. The summed E-state index contributed by atoms with van der Waals surface area (Å²) in [6, 6.07) is 0.0522. The second kappa shape index (κ2) is 4.13. The normalized spacial score (nSPS) is 16.9. The average Bonchev–Trinajstić information content (AvgIpc) is 2.69. The smallest absolute Gasteiger partial charge is 0.317 e. The van der Waals surface area contributed by atoms with Crippen LogP contribution in [0, 0.1) is 0 Å². The Morgan fingerprint density at radius 3 is 3.14 bits per heavy atom. The zero-order valence-corrected chi connectivity index (χ0v) is 8.02. The van der Waals surface area contributed by atoms with Crippen LogP contribution in [0.25, 0.3) is 0 Å². The third-order valence-corrected chi connectivity index (χ3v) is 2.36. The van der Waals surface area contributed by atoms with Crippen LogP contribution in [-0.4, -0.2) is 40.1 Å². The molecule has 14 heavy (non-hydrogen) atoms. The van der Waals surface area contributed by atoms with Crippen molar-refractivity contribution in [2.45, 2.75) is 13.0 Å². The Kier molecular flexibility index (Phi) is 2.67. The van der Waals surface area contributed by atoms with Crippen molar-refractivity contribution in [1.82, 2.24) is 19.8 Å². The molecule has 5 nitrogen and oxygen atoms in total. The van der Waals surface area contributed by atoms with E-state index in [4.69, 9.17) is 0 Å². The van der Waals surface area contributed by atoms with Crippen LogP contribution in [0.5, 0.6) is 0 Å². The predicted molar refractivity (Wildman–Crippen MR) is 51.8 cm³/mol. The fraction of sp³-hybridized carbons (Fsp3) is 0.556.